The number of aryl methyl sites for hydroxylation is 2. The second-order valence-corrected chi connectivity index (χ2v) is 5.35. The second kappa shape index (κ2) is 6.40. The molecule has 1 saturated heterocycles. The fourth-order valence-corrected chi connectivity index (χ4v) is 3.08. The van der Waals surface area contributed by atoms with E-state index in [9.17, 15) is 0 Å². The third kappa shape index (κ3) is 3.10. The van der Waals surface area contributed by atoms with E-state index < -0.39 is 0 Å². The molecular formula is C16H25NO2. The predicted molar refractivity (Wildman–Crippen MR) is 77.8 cm³/mol. The maximum atomic E-state index is 5.55. The zero-order valence-electron chi connectivity index (χ0n) is 12.5. The Morgan fingerprint density at radius 2 is 2.05 bits per heavy atom. The molecule has 1 N–H and O–H groups in total. The van der Waals surface area contributed by atoms with Crippen LogP contribution in [-0.2, 0) is 4.74 Å². The van der Waals surface area contributed by atoms with Gasteiger partial charge in [-0.25, -0.2) is 0 Å². The molecule has 0 saturated carbocycles. The Hall–Kier alpha value is -1.06. The van der Waals surface area contributed by atoms with Gasteiger partial charge in [-0.1, -0.05) is 19.1 Å². The molecular weight excluding hydrogens is 238 g/mol. The average molecular weight is 263 g/mol. The molecule has 1 fully saturated rings. The SMILES string of the molecule is CCNC(c1cc(C)c(OC)c(C)c1)C1CCOC1. The van der Waals surface area contributed by atoms with Gasteiger partial charge in [0.15, 0.2) is 0 Å². The largest absolute Gasteiger partial charge is 0.496 e. The molecule has 1 aromatic rings. The standard InChI is InChI=1S/C16H25NO2/c1-5-17-15(13-6-7-19-10-13)14-8-11(2)16(18-4)12(3)9-14/h8-9,13,15,17H,5-7,10H2,1-4H3. The summed E-state index contributed by atoms with van der Waals surface area (Å²) >= 11 is 0. The predicted octanol–water partition coefficient (Wildman–Crippen LogP) is 3.00. The first-order valence-electron chi connectivity index (χ1n) is 7.13. The summed E-state index contributed by atoms with van der Waals surface area (Å²) in [6.07, 6.45) is 1.14. The number of ether oxygens (including phenoxy) is 2. The summed E-state index contributed by atoms with van der Waals surface area (Å²) in [6, 6.07) is 4.88. The van der Waals surface area contributed by atoms with Crippen molar-refractivity contribution in [2.75, 3.05) is 26.9 Å². The van der Waals surface area contributed by atoms with Gasteiger partial charge in [0.1, 0.15) is 5.75 Å². The molecule has 2 unspecified atom stereocenters. The summed E-state index contributed by atoms with van der Waals surface area (Å²) < 4.78 is 11.0. The summed E-state index contributed by atoms with van der Waals surface area (Å²) in [4.78, 5) is 0. The highest BCUT2D eigenvalue weighted by Gasteiger charge is 2.27. The smallest absolute Gasteiger partial charge is 0.124 e. The van der Waals surface area contributed by atoms with Crippen molar-refractivity contribution in [3.8, 4) is 5.75 Å². The molecule has 3 heteroatoms. The highest BCUT2D eigenvalue weighted by atomic mass is 16.5. The lowest BCUT2D eigenvalue weighted by Crippen LogP contribution is -2.28. The number of benzene rings is 1. The van der Waals surface area contributed by atoms with Crippen LogP contribution >= 0.6 is 0 Å². The zero-order valence-corrected chi connectivity index (χ0v) is 12.5. The van der Waals surface area contributed by atoms with Crippen LogP contribution in [0.4, 0.5) is 0 Å². The molecule has 19 heavy (non-hydrogen) atoms. The van der Waals surface area contributed by atoms with Crippen molar-refractivity contribution in [3.63, 3.8) is 0 Å². The summed E-state index contributed by atoms with van der Waals surface area (Å²) in [7, 11) is 1.74. The van der Waals surface area contributed by atoms with Gasteiger partial charge in [0, 0.05) is 18.6 Å². The maximum absolute atomic E-state index is 5.55. The van der Waals surface area contributed by atoms with Crippen molar-refractivity contribution >= 4 is 0 Å². The molecule has 1 heterocycles. The minimum Gasteiger partial charge on any atom is -0.496 e. The Labute approximate surface area is 116 Å². The van der Waals surface area contributed by atoms with Crippen molar-refractivity contribution in [1.29, 1.82) is 0 Å². The van der Waals surface area contributed by atoms with Gasteiger partial charge in [0.2, 0.25) is 0 Å². The molecule has 2 rings (SSSR count). The molecule has 2 atom stereocenters. The van der Waals surface area contributed by atoms with Crippen molar-refractivity contribution in [3.05, 3.63) is 28.8 Å². The van der Waals surface area contributed by atoms with Crippen molar-refractivity contribution < 1.29 is 9.47 Å². The highest BCUT2D eigenvalue weighted by molar-refractivity contribution is 5.44. The van der Waals surface area contributed by atoms with E-state index in [2.05, 4.69) is 38.2 Å². The van der Waals surface area contributed by atoms with Crippen LogP contribution < -0.4 is 10.1 Å². The molecule has 0 bridgehead atoms. The molecule has 1 aromatic carbocycles. The molecule has 0 aliphatic carbocycles. The number of hydrogen-bond donors (Lipinski definition) is 1. The van der Waals surface area contributed by atoms with E-state index in [4.69, 9.17) is 9.47 Å². The van der Waals surface area contributed by atoms with Crippen LogP contribution in [0.3, 0.4) is 0 Å². The Balaban J connectivity index is 2.30. The molecule has 106 valence electrons. The summed E-state index contributed by atoms with van der Waals surface area (Å²) in [5.74, 6) is 1.58. The maximum Gasteiger partial charge on any atom is 0.124 e. The van der Waals surface area contributed by atoms with Crippen LogP contribution in [0.15, 0.2) is 12.1 Å². The van der Waals surface area contributed by atoms with Gasteiger partial charge < -0.3 is 14.8 Å². The van der Waals surface area contributed by atoms with E-state index in [1.165, 1.54) is 16.7 Å². The lowest BCUT2D eigenvalue weighted by molar-refractivity contribution is 0.177. The lowest BCUT2D eigenvalue weighted by Gasteiger charge is -2.25. The summed E-state index contributed by atoms with van der Waals surface area (Å²) in [6.45, 7) is 9.12. The van der Waals surface area contributed by atoms with E-state index in [0.717, 1.165) is 31.9 Å². The monoisotopic (exact) mass is 263 g/mol. The second-order valence-electron chi connectivity index (χ2n) is 5.35. The number of rotatable bonds is 5. The highest BCUT2D eigenvalue weighted by Crippen LogP contribution is 2.33. The quantitative estimate of drug-likeness (QED) is 0.886. The van der Waals surface area contributed by atoms with Crippen LogP contribution in [0.1, 0.15) is 36.1 Å². The fourth-order valence-electron chi connectivity index (χ4n) is 3.08. The number of hydrogen-bond acceptors (Lipinski definition) is 3. The fraction of sp³-hybridized carbons (Fsp3) is 0.625. The molecule has 0 amide bonds. The lowest BCUT2D eigenvalue weighted by atomic mass is 9.90. The molecule has 0 spiro atoms. The van der Waals surface area contributed by atoms with Crippen LogP contribution in [0, 0.1) is 19.8 Å². The molecule has 3 nitrogen and oxygen atoms in total. The molecule has 0 aromatic heterocycles. The van der Waals surface area contributed by atoms with Gasteiger partial charge in [0.25, 0.3) is 0 Å². The van der Waals surface area contributed by atoms with E-state index in [0.29, 0.717) is 12.0 Å². The topological polar surface area (TPSA) is 30.5 Å². The minimum absolute atomic E-state index is 0.385. The summed E-state index contributed by atoms with van der Waals surface area (Å²) in [5.41, 5.74) is 3.77. The number of methoxy groups -OCH3 is 1. The first kappa shape index (κ1) is 14.4. The third-order valence-corrected chi connectivity index (χ3v) is 3.91. The van der Waals surface area contributed by atoms with Gasteiger partial charge in [0.05, 0.1) is 13.7 Å². The Bertz CT molecular complexity index is 402. The normalized spacial score (nSPS) is 20.5. The van der Waals surface area contributed by atoms with E-state index in [1.807, 2.05) is 0 Å². The zero-order chi connectivity index (χ0) is 13.8. The van der Waals surface area contributed by atoms with Crippen LogP contribution in [-0.4, -0.2) is 26.9 Å². The van der Waals surface area contributed by atoms with Crippen LogP contribution in [0.2, 0.25) is 0 Å². The third-order valence-electron chi connectivity index (χ3n) is 3.91. The van der Waals surface area contributed by atoms with Crippen molar-refractivity contribution in [1.82, 2.24) is 5.32 Å². The van der Waals surface area contributed by atoms with E-state index >= 15 is 0 Å². The molecule has 1 aliphatic rings. The van der Waals surface area contributed by atoms with Crippen molar-refractivity contribution in [2.24, 2.45) is 5.92 Å². The Morgan fingerprint density at radius 3 is 2.53 bits per heavy atom. The Kier molecular flexibility index (Phi) is 4.83. The van der Waals surface area contributed by atoms with Gasteiger partial charge in [-0.15, -0.1) is 0 Å². The first-order chi connectivity index (χ1) is 9.17. The minimum atomic E-state index is 0.385. The van der Waals surface area contributed by atoms with Crippen LogP contribution in [0.25, 0.3) is 0 Å². The van der Waals surface area contributed by atoms with E-state index in [-0.39, 0.29) is 0 Å². The van der Waals surface area contributed by atoms with Crippen LogP contribution in [0.5, 0.6) is 5.75 Å². The van der Waals surface area contributed by atoms with Gasteiger partial charge in [-0.3, -0.25) is 0 Å². The van der Waals surface area contributed by atoms with Gasteiger partial charge >= 0.3 is 0 Å². The van der Waals surface area contributed by atoms with E-state index in [1.54, 1.807) is 7.11 Å². The number of nitrogens with one attached hydrogen (secondary N) is 1. The van der Waals surface area contributed by atoms with Crippen molar-refractivity contribution in [2.45, 2.75) is 33.2 Å². The average Bonchev–Trinajstić information content (AvgIpc) is 2.89. The van der Waals surface area contributed by atoms with Gasteiger partial charge in [-0.05, 0) is 43.5 Å². The first-order valence-corrected chi connectivity index (χ1v) is 7.13. The Morgan fingerprint density at radius 1 is 1.37 bits per heavy atom. The van der Waals surface area contributed by atoms with Gasteiger partial charge in [-0.2, -0.15) is 0 Å². The molecule has 1 aliphatic heterocycles. The summed E-state index contributed by atoms with van der Waals surface area (Å²) in [5, 5.41) is 3.61. The molecule has 0 radical (unpaired) electrons.